The topological polar surface area (TPSA) is 30.5 Å². The van der Waals surface area contributed by atoms with Crippen LogP contribution >= 0.6 is 0 Å². The lowest BCUT2D eigenvalue weighted by Crippen LogP contribution is -2.17. The van der Waals surface area contributed by atoms with E-state index in [1.165, 1.54) is 24.0 Å². The van der Waals surface area contributed by atoms with E-state index in [-0.39, 0.29) is 12.2 Å². The molecule has 2 aromatic rings. The quantitative estimate of drug-likeness (QED) is 0.361. The zero-order chi connectivity index (χ0) is 21.9. The highest BCUT2D eigenvalue weighted by Crippen LogP contribution is 2.28. The summed E-state index contributed by atoms with van der Waals surface area (Å²) < 4.78 is 11.5. The van der Waals surface area contributed by atoms with Crippen molar-refractivity contribution in [3.63, 3.8) is 0 Å². The van der Waals surface area contributed by atoms with E-state index < -0.39 is 0 Å². The van der Waals surface area contributed by atoms with Gasteiger partial charge in [0, 0.05) is 6.54 Å². The monoisotopic (exact) mass is 411 g/mol. The molecule has 166 valence electrons. The molecule has 0 aliphatic carbocycles. The van der Waals surface area contributed by atoms with Gasteiger partial charge in [0.2, 0.25) is 0 Å². The van der Waals surface area contributed by atoms with Crippen LogP contribution in [0.1, 0.15) is 77.8 Å². The highest BCUT2D eigenvalue weighted by molar-refractivity contribution is 5.30. The summed E-state index contributed by atoms with van der Waals surface area (Å²) in [5, 5.41) is 3.62. The van der Waals surface area contributed by atoms with E-state index in [9.17, 15) is 0 Å². The van der Waals surface area contributed by atoms with Crippen LogP contribution in [0.5, 0.6) is 11.5 Å². The first-order chi connectivity index (χ1) is 14.3. The third-order valence-electron chi connectivity index (χ3n) is 5.11. The summed E-state index contributed by atoms with van der Waals surface area (Å²) in [7, 11) is 0. The first-order valence-electron chi connectivity index (χ1n) is 11.6. The van der Waals surface area contributed by atoms with Crippen LogP contribution in [0.2, 0.25) is 0 Å². The van der Waals surface area contributed by atoms with E-state index in [1.807, 2.05) is 0 Å². The summed E-state index contributed by atoms with van der Waals surface area (Å²) in [5.74, 6) is 3.21. The van der Waals surface area contributed by atoms with Gasteiger partial charge in [0.25, 0.3) is 0 Å². The van der Waals surface area contributed by atoms with Gasteiger partial charge >= 0.3 is 0 Å². The Morgan fingerprint density at radius 1 is 0.667 bits per heavy atom. The molecular formula is C27H41NO2. The highest BCUT2D eigenvalue weighted by Gasteiger charge is 2.13. The standard InChI is InChI=1S/C27H41NO2/c1-20(2)7-10-25(24-11-15-27(16-12-24)30-22(5)6)17-18-28-19-23-8-13-26(14-9-23)29-21(3)4/h8-9,11-16,20-22,25,28H,7,10,17-19H2,1-6H3/t25-/m1/s1. The molecule has 0 aliphatic heterocycles. The van der Waals surface area contributed by atoms with Crippen molar-refractivity contribution in [2.24, 2.45) is 5.92 Å². The lowest BCUT2D eigenvalue weighted by Gasteiger charge is -2.20. The van der Waals surface area contributed by atoms with Crippen molar-refractivity contribution in [2.75, 3.05) is 6.54 Å². The molecule has 3 nitrogen and oxygen atoms in total. The Morgan fingerprint density at radius 3 is 1.70 bits per heavy atom. The minimum absolute atomic E-state index is 0.211. The smallest absolute Gasteiger partial charge is 0.119 e. The molecule has 0 heterocycles. The van der Waals surface area contributed by atoms with Crippen molar-refractivity contribution in [3.8, 4) is 11.5 Å². The summed E-state index contributed by atoms with van der Waals surface area (Å²) in [5.41, 5.74) is 2.71. The van der Waals surface area contributed by atoms with Gasteiger partial charge in [0.05, 0.1) is 12.2 Å². The van der Waals surface area contributed by atoms with E-state index in [2.05, 4.69) is 95.4 Å². The summed E-state index contributed by atoms with van der Waals surface area (Å²) in [6.45, 7) is 14.7. The van der Waals surface area contributed by atoms with Gasteiger partial charge in [-0.2, -0.15) is 0 Å². The first-order valence-corrected chi connectivity index (χ1v) is 11.6. The van der Waals surface area contributed by atoms with E-state index in [0.29, 0.717) is 5.92 Å². The van der Waals surface area contributed by atoms with Crippen LogP contribution in [0.3, 0.4) is 0 Å². The molecule has 0 saturated carbocycles. The van der Waals surface area contributed by atoms with Gasteiger partial charge in [-0.3, -0.25) is 0 Å². The van der Waals surface area contributed by atoms with E-state index in [0.717, 1.165) is 36.9 Å². The van der Waals surface area contributed by atoms with E-state index in [4.69, 9.17) is 9.47 Å². The van der Waals surface area contributed by atoms with Crippen molar-refractivity contribution < 1.29 is 9.47 Å². The van der Waals surface area contributed by atoms with Gasteiger partial charge in [-0.15, -0.1) is 0 Å². The van der Waals surface area contributed by atoms with Crippen molar-refractivity contribution in [1.29, 1.82) is 0 Å². The van der Waals surface area contributed by atoms with Gasteiger partial charge in [0.1, 0.15) is 11.5 Å². The Balaban J connectivity index is 1.86. The Morgan fingerprint density at radius 2 is 1.20 bits per heavy atom. The molecule has 1 N–H and O–H groups in total. The molecule has 1 atom stereocenters. The zero-order valence-corrected chi connectivity index (χ0v) is 19.8. The second-order valence-corrected chi connectivity index (χ2v) is 9.18. The van der Waals surface area contributed by atoms with Crippen LogP contribution in [0.4, 0.5) is 0 Å². The van der Waals surface area contributed by atoms with Crippen LogP contribution in [0, 0.1) is 5.92 Å². The predicted molar refractivity (Wildman–Crippen MR) is 128 cm³/mol. The maximum atomic E-state index is 5.80. The number of hydrogen-bond donors (Lipinski definition) is 1. The second kappa shape index (κ2) is 12.6. The maximum Gasteiger partial charge on any atom is 0.119 e. The Labute approximate surface area is 184 Å². The fourth-order valence-electron chi connectivity index (χ4n) is 3.57. The molecule has 2 aromatic carbocycles. The van der Waals surface area contributed by atoms with Crippen LogP contribution in [-0.2, 0) is 6.54 Å². The Bertz CT molecular complexity index is 705. The minimum Gasteiger partial charge on any atom is -0.491 e. The molecule has 2 rings (SSSR count). The Kier molecular flexibility index (Phi) is 10.2. The SMILES string of the molecule is CC(C)CC[C@H](CCNCc1ccc(OC(C)C)cc1)c1ccc(OC(C)C)cc1. The number of rotatable bonds is 13. The van der Waals surface area contributed by atoms with Crippen molar-refractivity contribution in [3.05, 3.63) is 59.7 Å². The molecule has 30 heavy (non-hydrogen) atoms. The van der Waals surface area contributed by atoms with Gasteiger partial charge < -0.3 is 14.8 Å². The van der Waals surface area contributed by atoms with Gasteiger partial charge in [-0.05, 0) is 94.3 Å². The number of ether oxygens (including phenoxy) is 2. The third kappa shape index (κ3) is 9.21. The van der Waals surface area contributed by atoms with Crippen molar-refractivity contribution >= 4 is 0 Å². The molecular weight excluding hydrogens is 370 g/mol. The lowest BCUT2D eigenvalue weighted by atomic mass is 9.88. The Hall–Kier alpha value is -2.00. The average molecular weight is 412 g/mol. The highest BCUT2D eigenvalue weighted by atomic mass is 16.5. The molecule has 0 unspecified atom stereocenters. The van der Waals surface area contributed by atoms with Crippen LogP contribution in [0.25, 0.3) is 0 Å². The van der Waals surface area contributed by atoms with Crippen LogP contribution < -0.4 is 14.8 Å². The number of benzene rings is 2. The summed E-state index contributed by atoms with van der Waals surface area (Å²) in [6, 6.07) is 17.1. The number of hydrogen-bond acceptors (Lipinski definition) is 3. The predicted octanol–water partition coefficient (Wildman–Crippen LogP) is 6.96. The molecule has 0 saturated heterocycles. The van der Waals surface area contributed by atoms with Crippen molar-refractivity contribution in [1.82, 2.24) is 5.32 Å². The molecule has 0 radical (unpaired) electrons. The van der Waals surface area contributed by atoms with Gasteiger partial charge in [0.15, 0.2) is 0 Å². The molecule has 0 bridgehead atoms. The van der Waals surface area contributed by atoms with Crippen LogP contribution in [-0.4, -0.2) is 18.8 Å². The summed E-state index contributed by atoms with van der Waals surface area (Å²) in [6.07, 6.45) is 4.05. The zero-order valence-electron chi connectivity index (χ0n) is 19.8. The summed E-state index contributed by atoms with van der Waals surface area (Å²) >= 11 is 0. The first kappa shape index (κ1) is 24.3. The van der Waals surface area contributed by atoms with Gasteiger partial charge in [-0.1, -0.05) is 44.5 Å². The largest absolute Gasteiger partial charge is 0.491 e. The van der Waals surface area contributed by atoms with Crippen molar-refractivity contribution in [2.45, 2.75) is 85.5 Å². The lowest BCUT2D eigenvalue weighted by molar-refractivity contribution is 0.242. The fourth-order valence-corrected chi connectivity index (χ4v) is 3.57. The van der Waals surface area contributed by atoms with E-state index >= 15 is 0 Å². The van der Waals surface area contributed by atoms with E-state index in [1.54, 1.807) is 0 Å². The molecule has 0 aliphatic rings. The molecule has 0 spiro atoms. The average Bonchev–Trinajstić information content (AvgIpc) is 2.68. The fraction of sp³-hybridized carbons (Fsp3) is 0.556. The molecule has 3 heteroatoms. The molecule has 0 aromatic heterocycles. The minimum atomic E-state index is 0.211. The third-order valence-corrected chi connectivity index (χ3v) is 5.11. The maximum absolute atomic E-state index is 5.80. The molecule has 0 amide bonds. The molecule has 0 fully saturated rings. The normalized spacial score (nSPS) is 12.6. The van der Waals surface area contributed by atoms with Crippen LogP contribution in [0.15, 0.2) is 48.5 Å². The van der Waals surface area contributed by atoms with Gasteiger partial charge in [-0.25, -0.2) is 0 Å². The second-order valence-electron chi connectivity index (χ2n) is 9.18. The number of nitrogens with one attached hydrogen (secondary N) is 1. The summed E-state index contributed by atoms with van der Waals surface area (Å²) in [4.78, 5) is 0.